The predicted octanol–water partition coefficient (Wildman–Crippen LogP) is 2.55. The largest absolute Gasteiger partial charge is 0.300 e. The van der Waals surface area contributed by atoms with E-state index in [2.05, 4.69) is 33.8 Å². The first kappa shape index (κ1) is 16.2. The zero-order valence-electron chi connectivity index (χ0n) is 12.9. The minimum Gasteiger partial charge on any atom is -0.300 e. The lowest BCUT2D eigenvalue weighted by molar-refractivity contribution is 0.421. The monoisotopic (exact) mass is 308 g/mol. The average Bonchev–Trinajstić information content (AvgIpc) is 3.15. The normalized spacial score (nSPS) is 18.5. The Morgan fingerprint density at radius 1 is 1.48 bits per heavy atom. The van der Waals surface area contributed by atoms with Crippen molar-refractivity contribution in [2.24, 2.45) is 0 Å². The summed E-state index contributed by atoms with van der Waals surface area (Å²) in [4.78, 5) is 0. The summed E-state index contributed by atoms with van der Waals surface area (Å²) in [5.74, 6) is 0.841. The van der Waals surface area contributed by atoms with Gasteiger partial charge < -0.3 is 0 Å². The molecule has 0 aromatic carbocycles. The Bertz CT molecular complexity index is 476. The molecule has 0 saturated heterocycles. The second kappa shape index (κ2) is 7.76. The van der Waals surface area contributed by atoms with Crippen LogP contribution >= 0.6 is 11.8 Å². The molecule has 1 heterocycles. The van der Waals surface area contributed by atoms with E-state index in [9.17, 15) is 5.26 Å². The van der Waals surface area contributed by atoms with Gasteiger partial charge in [-0.05, 0) is 49.6 Å². The van der Waals surface area contributed by atoms with Crippen molar-refractivity contribution in [2.45, 2.75) is 69.1 Å². The number of tetrazole rings is 1. The smallest absolute Gasteiger partial charge is 0.209 e. The SMILES string of the molecule is CCCNC(C)(C#N)CCSc1nnnn1C1CCCC1. The molecule has 116 valence electrons. The summed E-state index contributed by atoms with van der Waals surface area (Å²) in [6, 6.07) is 2.84. The van der Waals surface area contributed by atoms with Crippen molar-refractivity contribution in [1.82, 2.24) is 25.5 Å². The molecular weight excluding hydrogens is 284 g/mol. The van der Waals surface area contributed by atoms with Crippen molar-refractivity contribution in [1.29, 1.82) is 5.26 Å². The number of aromatic nitrogens is 4. The third-order valence-corrected chi connectivity index (χ3v) is 4.91. The van der Waals surface area contributed by atoms with Gasteiger partial charge in [0.1, 0.15) is 5.54 Å². The molecular formula is C14H24N6S. The average molecular weight is 308 g/mol. The first-order valence-corrected chi connectivity index (χ1v) is 8.74. The van der Waals surface area contributed by atoms with Crippen LogP contribution in [0.15, 0.2) is 5.16 Å². The summed E-state index contributed by atoms with van der Waals surface area (Å²) in [5, 5.41) is 25.6. The molecule has 1 aliphatic carbocycles. The molecule has 1 fully saturated rings. The molecule has 1 saturated carbocycles. The van der Waals surface area contributed by atoms with Gasteiger partial charge in [0.05, 0.1) is 12.1 Å². The molecule has 1 unspecified atom stereocenters. The minimum absolute atomic E-state index is 0.461. The van der Waals surface area contributed by atoms with E-state index in [4.69, 9.17) is 0 Å². The molecule has 6 nitrogen and oxygen atoms in total. The van der Waals surface area contributed by atoms with Crippen molar-refractivity contribution >= 4 is 11.8 Å². The highest BCUT2D eigenvalue weighted by Gasteiger charge is 2.24. The Morgan fingerprint density at radius 2 is 2.24 bits per heavy atom. The maximum absolute atomic E-state index is 9.33. The molecule has 0 aliphatic heterocycles. The molecule has 1 atom stereocenters. The van der Waals surface area contributed by atoms with Crippen LogP contribution in [-0.4, -0.2) is 38.0 Å². The van der Waals surface area contributed by atoms with Gasteiger partial charge in [0.2, 0.25) is 5.16 Å². The summed E-state index contributed by atoms with van der Waals surface area (Å²) >= 11 is 1.65. The zero-order valence-corrected chi connectivity index (χ0v) is 13.7. The number of nitrogens with one attached hydrogen (secondary N) is 1. The first-order valence-electron chi connectivity index (χ1n) is 7.75. The summed E-state index contributed by atoms with van der Waals surface area (Å²) in [6.45, 7) is 4.94. The summed E-state index contributed by atoms with van der Waals surface area (Å²) in [6.07, 6.45) is 6.69. The number of nitrogens with zero attached hydrogens (tertiary/aromatic N) is 5. The molecule has 21 heavy (non-hydrogen) atoms. The minimum atomic E-state index is -0.464. The first-order chi connectivity index (χ1) is 10.2. The lowest BCUT2D eigenvalue weighted by atomic mass is 10.0. The van der Waals surface area contributed by atoms with Crippen molar-refractivity contribution < 1.29 is 0 Å². The van der Waals surface area contributed by atoms with Crippen LogP contribution in [0.4, 0.5) is 0 Å². The fraction of sp³-hybridized carbons (Fsp3) is 0.857. The van der Waals surface area contributed by atoms with E-state index in [1.165, 1.54) is 25.7 Å². The molecule has 0 spiro atoms. The van der Waals surface area contributed by atoms with Gasteiger partial charge in [0.25, 0.3) is 0 Å². The molecule has 0 amide bonds. The number of thioether (sulfide) groups is 1. The predicted molar refractivity (Wildman–Crippen MR) is 83.0 cm³/mol. The van der Waals surface area contributed by atoms with Gasteiger partial charge >= 0.3 is 0 Å². The Balaban J connectivity index is 1.86. The second-order valence-corrected chi connectivity index (χ2v) is 6.88. The number of rotatable bonds is 8. The van der Waals surface area contributed by atoms with Crippen molar-refractivity contribution in [2.75, 3.05) is 12.3 Å². The maximum Gasteiger partial charge on any atom is 0.209 e. The zero-order chi connectivity index (χ0) is 15.1. The molecule has 1 aliphatic rings. The lowest BCUT2D eigenvalue weighted by Gasteiger charge is -2.22. The number of hydrogen-bond acceptors (Lipinski definition) is 6. The standard InChI is InChI=1S/C14H24N6S/c1-3-9-16-14(2,11-15)8-10-21-13-17-18-19-20(13)12-6-4-5-7-12/h12,16H,3-10H2,1-2H3. The van der Waals surface area contributed by atoms with E-state index in [1.807, 2.05) is 11.6 Å². The molecule has 1 N–H and O–H groups in total. The molecule has 1 aromatic rings. The molecule has 0 bridgehead atoms. The molecule has 2 rings (SSSR count). The Morgan fingerprint density at radius 3 is 2.90 bits per heavy atom. The van der Waals surface area contributed by atoms with Gasteiger partial charge in [-0.15, -0.1) is 5.10 Å². The molecule has 0 radical (unpaired) electrons. The second-order valence-electron chi connectivity index (χ2n) is 5.81. The molecule has 1 aromatic heterocycles. The van der Waals surface area contributed by atoms with Gasteiger partial charge in [0, 0.05) is 5.75 Å². The van der Waals surface area contributed by atoms with Gasteiger partial charge in [-0.25, -0.2) is 4.68 Å². The lowest BCUT2D eigenvalue weighted by Crippen LogP contribution is -2.41. The van der Waals surface area contributed by atoms with Gasteiger partial charge in [-0.2, -0.15) is 5.26 Å². The Hall–Kier alpha value is -1.13. The fourth-order valence-corrected chi connectivity index (χ4v) is 3.69. The third kappa shape index (κ3) is 4.42. The summed E-state index contributed by atoms with van der Waals surface area (Å²) in [5.41, 5.74) is -0.464. The van der Waals surface area contributed by atoms with Gasteiger partial charge in [0.15, 0.2) is 0 Å². The number of nitriles is 1. The van der Waals surface area contributed by atoms with Gasteiger partial charge in [-0.3, -0.25) is 5.32 Å². The van der Waals surface area contributed by atoms with Gasteiger partial charge in [-0.1, -0.05) is 31.5 Å². The number of hydrogen-bond donors (Lipinski definition) is 1. The van der Waals surface area contributed by atoms with Crippen LogP contribution in [0, 0.1) is 11.3 Å². The highest BCUT2D eigenvalue weighted by Crippen LogP contribution is 2.31. The Labute approximate surface area is 130 Å². The van der Waals surface area contributed by atoms with Crippen LogP contribution in [0.1, 0.15) is 58.4 Å². The van der Waals surface area contributed by atoms with Crippen LogP contribution in [0.2, 0.25) is 0 Å². The van der Waals surface area contributed by atoms with Crippen LogP contribution in [0.5, 0.6) is 0 Å². The third-order valence-electron chi connectivity index (χ3n) is 3.98. The maximum atomic E-state index is 9.33. The van der Waals surface area contributed by atoms with Crippen molar-refractivity contribution in [3.05, 3.63) is 0 Å². The van der Waals surface area contributed by atoms with Crippen LogP contribution in [0.3, 0.4) is 0 Å². The van der Waals surface area contributed by atoms with Crippen LogP contribution < -0.4 is 5.32 Å². The van der Waals surface area contributed by atoms with E-state index in [1.54, 1.807) is 11.8 Å². The highest BCUT2D eigenvalue weighted by molar-refractivity contribution is 7.99. The highest BCUT2D eigenvalue weighted by atomic mass is 32.2. The van der Waals surface area contributed by atoms with E-state index in [0.717, 1.165) is 30.3 Å². The summed E-state index contributed by atoms with van der Waals surface area (Å²) in [7, 11) is 0. The van der Waals surface area contributed by atoms with E-state index < -0.39 is 5.54 Å². The summed E-state index contributed by atoms with van der Waals surface area (Å²) < 4.78 is 1.97. The van der Waals surface area contributed by atoms with Crippen molar-refractivity contribution in [3.63, 3.8) is 0 Å². The molecule has 7 heteroatoms. The Kier molecular flexibility index (Phi) is 6.00. The quantitative estimate of drug-likeness (QED) is 0.743. The van der Waals surface area contributed by atoms with Crippen molar-refractivity contribution in [3.8, 4) is 6.07 Å². The van der Waals surface area contributed by atoms with E-state index in [0.29, 0.717) is 6.04 Å². The fourth-order valence-electron chi connectivity index (χ4n) is 2.59. The van der Waals surface area contributed by atoms with Crippen LogP contribution in [-0.2, 0) is 0 Å². The topological polar surface area (TPSA) is 79.4 Å². The van der Waals surface area contributed by atoms with Crippen LogP contribution in [0.25, 0.3) is 0 Å². The van der Waals surface area contributed by atoms with E-state index in [-0.39, 0.29) is 0 Å². The van der Waals surface area contributed by atoms with E-state index >= 15 is 0 Å².